The van der Waals surface area contributed by atoms with Crippen molar-refractivity contribution >= 4 is 86.5 Å². The van der Waals surface area contributed by atoms with Crippen molar-refractivity contribution in [3.63, 3.8) is 0 Å². The molecule has 0 amide bonds. The van der Waals surface area contributed by atoms with Crippen LogP contribution in [0.3, 0.4) is 0 Å². The number of rotatable bonds is 2. The summed E-state index contributed by atoms with van der Waals surface area (Å²) in [6.45, 7) is 13.6. The fraction of sp³-hybridized carbons (Fsp3) is 0.170. The fourth-order valence-corrected chi connectivity index (χ4v) is 11.5. The summed E-state index contributed by atoms with van der Waals surface area (Å²) >= 11 is 9.96. The van der Waals surface area contributed by atoms with Gasteiger partial charge in [0, 0.05) is 0 Å². The van der Waals surface area contributed by atoms with E-state index in [-0.39, 0.29) is 10.8 Å². The summed E-state index contributed by atoms with van der Waals surface area (Å²) in [5.41, 5.74) is 5.32. The first-order chi connectivity index (χ1) is 24.7. The van der Waals surface area contributed by atoms with Crippen LogP contribution in [0.5, 0.6) is 0 Å². The number of fused-ring (bicyclic) bond motifs is 5. The second kappa shape index (κ2) is 16.1. The molecule has 0 bridgehead atoms. The Kier molecular flexibility index (Phi) is 12.0. The zero-order valence-corrected chi connectivity index (χ0v) is 35.9. The third kappa shape index (κ3) is 8.52. The molecule has 0 heterocycles. The van der Waals surface area contributed by atoms with Crippen LogP contribution in [-0.2, 0) is 29.7 Å². The maximum atomic E-state index is 6.65. The largest absolute Gasteiger partial charge is 0.214 e. The smallest absolute Gasteiger partial charge is 0.172 e. The van der Waals surface area contributed by atoms with Crippen LogP contribution in [0.15, 0.2) is 146 Å². The molecule has 0 saturated heterocycles. The van der Waals surface area contributed by atoms with E-state index in [9.17, 15) is 0 Å². The van der Waals surface area contributed by atoms with Crippen LogP contribution in [0.4, 0.5) is 0 Å². The van der Waals surface area contributed by atoms with Crippen molar-refractivity contribution in [3.05, 3.63) is 178 Å². The van der Waals surface area contributed by atoms with Gasteiger partial charge in [0.15, 0.2) is 0 Å². The Hall–Kier alpha value is -3.03. The van der Waals surface area contributed by atoms with E-state index in [2.05, 4.69) is 96.1 Å². The minimum atomic E-state index is -2.84. The van der Waals surface area contributed by atoms with Gasteiger partial charge in [0.25, 0.3) is 0 Å². The molecule has 0 aliphatic carbocycles. The summed E-state index contributed by atoms with van der Waals surface area (Å²) in [5.74, 6) is 0. The van der Waals surface area contributed by atoms with E-state index in [0.29, 0.717) is 0 Å². The zero-order chi connectivity index (χ0) is 37.2. The van der Waals surface area contributed by atoms with E-state index in [1.165, 1.54) is 32.7 Å². The molecule has 264 valence electrons. The summed E-state index contributed by atoms with van der Waals surface area (Å²) in [4.78, 5) is 0. The van der Waals surface area contributed by atoms with Crippen LogP contribution < -0.4 is 0 Å². The molecule has 0 aliphatic heterocycles. The molecule has 0 unspecified atom stereocenters. The molecule has 52 heavy (non-hydrogen) atoms. The molecule has 0 saturated carbocycles. The van der Waals surface area contributed by atoms with Crippen molar-refractivity contribution in [3.8, 4) is 0 Å². The SMILES string of the molecule is CC(C)(C)c1ccc2c(c1)[cH-]c1cc(C(C)(C)C)ccc12.Clc1ccc([C](c2ccc(Cl)c3ccccc23)=[Zr]([Cl])[Cl])c2ccccc12.c1cc[cH-]c1. The van der Waals surface area contributed by atoms with E-state index in [1.54, 1.807) is 0 Å². The fourth-order valence-electron chi connectivity index (χ4n) is 6.59. The number of hydrogen-bond donors (Lipinski definition) is 0. The molecule has 0 spiro atoms. The Bertz CT molecular complexity index is 2350. The van der Waals surface area contributed by atoms with E-state index in [4.69, 9.17) is 40.2 Å². The molecule has 5 heteroatoms. The average molecular weight is 840 g/mol. The summed E-state index contributed by atoms with van der Waals surface area (Å²) in [7, 11) is 13.3. The molecule has 0 nitrogen and oxygen atoms in total. The van der Waals surface area contributed by atoms with E-state index in [0.717, 1.165) is 45.9 Å². The Morgan fingerprint density at radius 3 is 1.23 bits per heavy atom. The second-order valence-corrected chi connectivity index (χ2v) is 24.1. The van der Waals surface area contributed by atoms with Crippen LogP contribution >= 0.6 is 40.2 Å². The third-order valence-corrected chi connectivity index (χ3v) is 14.6. The monoisotopic (exact) mass is 836 g/mol. The Balaban J connectivity index is 0.000000160. The van der Waals surface area contributed by atoms with Gasteiger partial charge in [-0.15, -0.1) is 39.7 Å². The molecule has 0 atom stereocenters. The second-order valence-electron chi connectivity index (χ2n) is 15.1. The topological polar surface area (TPSA) is 0 Å². The van der Waals surface area contributed by atoms with Crippen LogP contribution in [0, 0.1) is 0 Å². The van der Waals surface area contributed by atoms with E-state index in [1.807, 2.05) is 91.0 Å². The van der Waals surface area contributed by atoms with Crippen molar-refractivity contribution in [2.75, 3.05) is 0 Å². The molecule has 8 aromatic rings. The molecule has 0 radical (unpaired) electrons. The zero-order valence-electron chi connectivity index (χ0n) is 30.4. The Morgan fingerprint density at radius 1 is 0.481 bits per heavy atom. The predicted molar refractivity (Wildman–Crippen MR) is 229 cm³/mol. The van der Waals surface area contributed by atoms with Gasteiger partial charge in [-0.2, -0.15) is 18.2 Å². The van der Waals surface area contributed by atoms with Gasteiger partial charge in [-0.05, 0) is 10.8 Å². The molecule has 0 aromatic heterocycles. The van der Waals surface area contributed by atoms with Gasteiger partial charge < -0.3 is 0 Å². The first-order valence-corrected chi connectivity index (χ1v) is 25.8. The van der Waals surface area contributed by atoms with Crippen LogP contribution in [-0.4, -0.2) is 3.21 Å². The van der Waals surface area contributed by atoms with Gasteiger partial charge in [0.05, 0.1) is 0 Å². The first-order valence-electron chi connectivity index (χ1n) is 17.5. The summed E-state index contributed by atoms with van der Waals surface area (Å²) < 4.78 is 1.04. The normalized spacial score (nSPS) is 11.7. The van der Waals surface area contributed by atoms with Gasteiger partial charge in [0.1, 0.15) is 0 Å². The number of benzene rings is 6. The van der Waals surface area contributed by atoms with Gasteiger partial charge in [-0.3, -0.25) is 0 Å². The van der Waals surface area contributed by atoms with Crippen LogP contribution in [0.25, 0.3) is 43.1 Å². The minimum absolute atomic E-state index is 0.203. The molecule has 8 rings (SSSR count). The molecule has 0 aliphatic rings. The Labute approximate surface area is 332 Å². The van der Waals surface area contributed by atoms with Crippen molar-refractivity contribution in [1.29, 1.82) is 0 Å². The standard InChI is InChI=1S/C21H12Cl2.C21H25.C5H5.2ClH.Zr/c22-20-11-9-14(16-5-1-3-7-18(16)20)13-15-10-12-21(23)19-8-4-2-6-17(15)19;1-20(2,3)16-7-9-18-14(12-16)11-15-13-17(21(4,5)6)8-10-19(15)18;1-2-4-5-3-1;;;/h1-12H;7-13H,1-6H3;1-5H;2*1H;/q;2*-1;;;+2/p-2. The molecule has 8 aromatic carbocycles. The molecular weight excluding hydrogens is 798 g/mol. The van der Waals surface area contributed by atoms with Crippen molar-refractivity contribution in [2.45, 2.75) is 52.4 Å². The Morgan fingerprint density at radius 2 is 0.885 bits per heavy atom. The predicted octanol–water partition coefficient (Wildman–Crippen LogP) is 15.5. The molecule has 0 fully saturated rings. The maximum Gasteiger partial charge on any atom is -0.172 e. The summed E-state index contributed by atoms with van der Waals surface area (Å²) in [6, 6.07) is 50.2. The molecule has 0 N–H and O–H groups in total. The average Bonchev–Trinajstić information content (AvgIpc) is 3.82. The quantitative estimate of drug-likeness (QED) is 0.152. The first kappa shape index (κ1) is 38.7. The van der Waals surface area contributed by atoms with Crippen molar-refractivity contribution in [1.82, 2.24) is 0 Å². The van der Waals surface area contributed by atoms with Crippen LogP contribution in [0.1, 0.15) is 63.8 Å². The summed E-state index contributed by atoms with van der Waals surface area (Å²) in [6.07, 6.45) is 0. The van der Waals surface area contributed by atoms with Gasteiger partial charge >= 0.3 is 178 Å². The maximum absolute atomic E-state index is 6.65. The summed E-state index contributed by atoms with van der Waals surface area (Å²) in [5, 5.41) is 11.0. The number of halogens is 4. The minimum Gasteiger partial charge on any atom is -0.214 e. The molecular formula is C47H42Cl4Zr-2. The number of hydrogen-bond acceptors (Lipinski definition) is 0. The third-order valence-electron chi connectivity index (χ3n) is 9.46. The van der Waals surface area contributed by atoms with Gasteiger partial charge in [0.2, 0.25) is 0 Å². The van der Waals surface area contributed by atoms with Crippen molar-refractivity contribution < 1.29 is 18.9 Å². The van der Waals surface area contributed by atoms with Crippen LogP contribution in [0.2, 0.25) is 10.0 Å². The van der Waals surface area contributed by atoms with Gasteiger partial charge in [-0.1, -0.05) is 76.9 Å². The van der Waals surface area contributed by atoms with Gasteiger partial charge in [-0.25, -0.2) is 12.1 Å². The van der Waals surface area contributed by atoms with E-state index >= 15 is 0 Å². The van der Waals surface area contributed by atoms with Crippen molar-refractivity contribution in [2.24, 2.45) is 0 Å². The van der Waals surface area contributed by atoms with E-state index < -0.39 is 18.9 Å².